The van der Waals surface area contributed by atoms with Crippen LogP contribution >= 0.6 is 0 Å². The van der Waals surface area contributed by atoms with Crippen LogP contribution < -0.4 is 0 Å². The summed E-state index contributed by atoms with van der Waals surface area (Å²) in [5, 5.41) is 9.13. The lowest BCUT2D eigenvalue weighted by Gasteiger charge is -1.93. The van der Waals surface area contributed by atoms with Gasteiger partial charge in [-0.3, -0.25) is 0 Å². The third kappa shape index (κ3) is 2.38. The van der Waals surface area contributed by atoms with E-state index in [1.807, 2.05) is 30.3 Å². The molecule has 0 atom stereocenters. The maximum absolute atomic E-state index is 9.13. The van der Waals surface area contributed by atoms with Crippen LogP contribution in [0.1, 0.15) is 11.1 Å². The van der Waals surface area contributed by atoms with Crippen molar-refractivity contribution in [2.24, 2.45) is 4.99 Å². The zero-order chi connectivity index (χ0) is 13.8. The normalized spacial score (nSPS) is 10.8. The van der Waals surface area contributed by atoms with Gasteiger partial charge in [0.15, 0.2) is 0 Å². The SMILES string of the molecule is N#Cc1cc(-c2ccccc2)oc1/N=C/c1ccoc1. The summed E-state index contributed by atoms with van der Waals surface area (Å²) in [5.41, 5.74) is 2.13. The predicted octanol–water partition coefficient (Wildman–Crippen LogP) is 4.16. The van der Waals surface area contributed by atoms with Gasteiger partial charge in [0.05, 0.1) is 12.5 Å². The van der Waals surface area contributed by atoms with Gasteiger partial charge in [-0.25, -0.2) is 4.99 Å². The van der Waals surface area contributed by atoms with Gasteiger partial charge in [-0.15, -0.1) is 0 Å². The van der Waals surface area contributed by atoms with Crippen molar-refractivity contribution >= 4 is 12.1 Å². The Morgan fingerprint density at radius 1 is 1.15 bits per heavy atom. The van der Waals surface area contributed by atoms with Gasteiger partial charge in [0, 0.05) is 23.4 Å². The molecule has 4 heteroatoms. The molecule has 0 aliphatic rings. The van der Waals surface area contributed by atoms with Gasteiger partial charge in [-0.1, -0.05) is 30.3 Å². The highest BCUT2D eigenvalue weighted by atomic mass is 16.4. The molecule has 3 aromatic rings. The predicted molar refractivity (Wildman–Crippen MR) is 74.8 cm³/mol. The van der Waals surface area contributed by atoms with Gasteiger partial charge >= 0.3 is 0 Å². The average molecular weight is 262 g/mol. The second-order valence-corrected chi connectivity index (χ2v) is 4.12. The molecular formula is C16H10N2O2. The fourth-order valence-corrected chi connectivity index (χ4v) is 1.78. The minimum atomic E-state index is 0.299. The highest BCUT2D eigenvalue weighted by Crippen LogP contribution is 2.30. The van der Waals surface area contributed by atoms with Crippen LogP contribution in [0.15, 0.2) is 68.8 Å². The smallest absolute Gasteiger partial charge is 0.237 e. The number of benzene rings is 1. The van der Waals surface area contributed by atoms with Crippen molar-refractivity contribution < 1.29 is 8.83 Å². The van der Waals surface area contributed by atoms with Crippen molar-refractivity contribution in [1.29, 1.82) is 5.26 Å². The van der Waals surface area contributed by atoms with E-state index < -0.39 is 0 Å². The maximum Gasteiger partial charge on any atom is 0.237 e. The molecule has 0 saturated carbocycles. The van der Waals surface area contributed by atoms with Crippen LogP contribution in [0.2, 0.25) is 0 Å². The Morgan fingerprint density at radius 3 is 2.70 bits per heavy atom. The molecule has 0 N–H and O–H groups in total. The Kier molecular flexibility index (Phi) is 3.17. The summed E-state index contributed by atoms with van der Waals surface area (Å²) in [6.07, 6.45) is 4.72. The van der Waals surface area contributed by atoms with E-state index in [-0.39, 0.29) is 0 Å². The molecule has 0 bridgehead atoms. The van der Waals surface area contributed by atoms with Gasteiger partial charge < -0.3 is 8.83 Å². The van der Waals surface area contributed by atoms with Crippen molar-refractivity contribution in [2.75, 3.05) is 0 Å². The molecule has 0 radical (unpaired) electrons. The first kappa shape index (κ1) is 12.0. The number of rotatable bonds is 3. The quantitative estimate of drug-likeness (QED) is 0.666. The van der Waals surface area contributed by atoms with Crippen molar-refractivity contribution in [3.63, 3.8) is 0 Å². The lowest BCUT2D eigenvalue weighted by atomic mass is 10.1. The molecule has 0 amide bonds. The highest BCUT2D eigenvalue weighted by Gasteiger charge is 2.11. The standard InChI is InChI=1S/C16H10N2O2/c17-9-14-8-15(13-4-2-1-3-5-13)20-16(14)18-10-12-6-7-19-11-12/h1-8,10-11H/b18-10+. The molecule has 96 valence electrons. The molecule has 2 aromatic heterocycles. The fraction of sp³-hybridized carbons (Fsp3) is 0. The van der Waals surface area contributed by atoms with Gasteiger partial charge in [-0.05, 0) is 6.07 Å². The Labute approximate surface area is 115 Å². The number of hydrogen-bond donors (Lipinski definition) is 0. The molecule has 3 rings (SSSR count). The summed E-state index contributed by atoms with van der Waals surface area (Å²) in [4.78, 5) is 4.19. The third-order valence-corrected chi connectivity index (χ3v) is 2.77. The van der Waals surface area contributed by atoms with Crippen LogP contribution in [0.3, 0.4) is 0 Å². The number of nitrogens with zero attached hydrogens (tertiary/aromatic N) is 2. The van der Waals surface area contributed by atoms with E-state index in [0.717, 1.165) is 11.1 Å². The lowest BCUT2D eigenvalue weighted by molar-refractivity contribution is 0.567. The Morgan fingerprint density at radius 2 is 2.00 bits per heavy atom. The zero-order valence-electron chi connectivity index (χ0n) is 10.5. The summed E-state index contributed by atoms with van der Waals surface area (Å²) in [7, 11) is 0. The van der Waals surface area contributed by atoms with E-state index in [0.29, 0.717) is 17.2 Å². The van der Waals surface area contributed by atoms with Crippen LogP contribution in [-0.2, 0) is 0 Å². The van der Waals surface area contributed by atoms with Gasteiger partial charge in [0.1, 0.15) is 17.4 Å². The largest absolute Gasteiger partial charge is 0.472 e. The molecule has 1 aromatic carbocycles. The number of furan rings is 2. The van der Waals surface area contributed by atoms with E-state index in [1.165, 1.54) is 0 Å². The maximum atomic E-state index is 9.13. The van der Waals surface area contributed by atoms with Crippen LogP contribution in [0.25, 0.3) is 11.3 Å². The monoisotopic (exact) mass is 262 g/mol. The van der Waals surface area contributed by atoms with E-state index >= 15 is 0 Å². The Hall–Kier alpha value is -3.06. The summed E-state index contributed by atoms with van der Waals surface area (Å²) in [6.45, 7) is 0. The zero-order valence-corrected chi connectivity index (χ0v) is 10.5. The fourth-order valence-electron chi connectivity index (χ4n) is 1.78. The first-order chi connectivity index (χ1) is 9.86. The molecule has 0 fully saturated rings. The average Bonchev–Trinajstić information content (AvgIpc) is 3.15. The van der Waals surface area contributed by atoms with E-state index in [2.05, 4.69) is 11.1 Å². The first-order valence-corrected chi connectivity index (χ1v) is 6.02. The topological polar surface area (TPSA) is 62.4 Å². The molecule has 0 aliphatic carbocycles. The second kappa shape index (κ2) is 5.29. The molecule has 4 nitrogen and oxygen atoms in total. The highest BCUT2D eigenvalue weighted by molar-refractivity contribution is 5.81. The van der Waals surface area contributed by atoms with Crippen molar-refractivity contribution in [3.05, 3.63) is 66.1 Å². The second-order valence-electron chi connectivity index (χ2n) is 4.12. The summed E-state index contributed by atoms with van der Waals surface area (Å²) < 4.78 is 10.6. The molecule has 0 aliphatic heterocycles. The van der Waals surface area contributed by atoms with Gasteiger partial charge in [0.2, 0.25) is 5.88 Å². The molecule has 0 saturated heterocycles. The molecule has 20 heavy (non-hydrogen) atoms. The molecule has 0 unspecified atom stereocenters. The van der Waals surface area contributed by atoms with E-state index in [1.54, 1.807) is 30.9 Å². The van der Waals surface area contributed by atoms with Crippen LogP contribution in [-0.4, -0.2) is 6.21 Å². The summed E-state index contributed by atoms with van der Waals surface area (Å²) in [6, 6.07) is 15.1. The third-order valence-electron chi connectivity index (χ3n) is 2.77. The van der Waals surface area contributed by atoms with E-state index in [4.69, 9.17) is 14.1 Å². The molecule has 2 heterocycles. The first-order valence-electron chi connectivity index (χ1n) is 6.02. The lowest BCUT2D eigenvalue weighted by Crippen LogP contribution is -1.73. The number of aliphatic imine (C=N–C) groups is 1. The van der Waals surface area contributed by atoms with Crippen molar-refractivity contribution in [3.8, 4) is 17.4 Å². The van der Waals surface area contributed by atoms with Gasteiger partial charge in [-0.2, -0.15) is 5.26 Å². The van der Waals surface area contributed by atoms with Gasteiger partial charge in [0.25, 0.3) is 0 Å². The Balaban J connectivity index is 1.96. The van der Waals surface area contributed by atoms with Crippen LogP contribution in [0.4, 0.5) is 5.88 Å². The van der Waals surface area contributed by atoms with Crippen molar-refractivity contribution in [1.82, 2.24) is 0 Å². The van der Waals surface area contributed by atoms with Crippen LogP contribution in [0.5, 0.6) is 0 Å². The summed E-state index contributed by atoms with van der Waals surface area (Å²) in [5.74, 6) is 0.925. The number of nitriles is 1. The van der Waals surface area contributed by atoms with E-state index in [9.17, 15) is 0 Å². The van der Waals surface area contributed by atoms with Crippen molar-refractivity contribution in [2.45, 2.75) is 0 Å². The minimum absolute atomic E-state index is 0.299. The minimum Gasteiger partial charge on any atom is -0.472 e. The van der Waals surface area contributed by atoms with Crippen LogP contribution in [0, 0.1) is 11.3 Å². The molecular weight excluding hydrogens is 252 g/mol. The Bertz CT molecular complexity index is 763. The number of hydrogen-bond acceptors (Lipinski definition) is 4. The molecule has 0 spiro atoms. The summed E-state index contributed by atoms with van der Waals surface area (Å²) >= 11 is 0.